The van der Waals surface area contributed by atoms with E-state index in [1.54, 1.807) is 25.1 Å². The maximum Gasteiger partial charge on any atom is 0.272 e. The van der Waals surface area contributed by atoms with Crippen molar-refractivity contribution in [1.82, 2.24) is 9.97 Å². The number of rotatable bonds is 3. The van der Waals surface area contributed by atoms with Crippen molar-refractivity contribution in [2.24, 2.45) is 0 Å². The van der Waals surface area contributed by atoms with Crippen LogP contribution in [0.15, 0.2) is 34.4 Å². The van der Waals surface area contributed by atoms with E-state index in [1.807, 2.05) is 5.38 Å². The lowest BCUT2D eigenvalue weighted by Gasteiger charge is -2.03. The smallest absolute Gasteiger partial charge is 0.272 e. The van der Waals surface area contributed by atoms with Gasteiger partial charge in [0.15, 0.2) is 0 Å². The summed E-state index contributed by atoms with van der Waals surface area (Å²) < 4.78 is 0.610. The Morgan fingerprint density at radius 1 is 1.38 bits per heavy atom. The van der Waals surface area contributed by atoms with Gasteiger partial charge in [0.2, 0.25) is 0 Å². The van der Waals surface area contributed by atoms with Crippen LogP contribution in [0.1, 0.15) is 17.0 Å². The summed E-state index contributed by atoms with van der Waals surface area (Å²) in [7, 11) is 0. The molecular formula is C14H11N3O3S. The second kappa shape index (κ2) is 5.10. The topological polar surface area (TPSA) is 88.9 Å². The molecule has 7 heteroatoms. The molecule has 0 unspecified atom stereocenters. The highest BCUT2D eigenvalue weighted by atomic mass is 32.1. The first-order chi connectivity index (χ1) is 10.0. The monoisotopic (exact) mass is 301 g/mol. The van der Waals surface area contributed by atoms with Crippen molar-refractivity contribution >= 4 is 27.2 Å². The molecule has 0 aliphatic carbocycles. The van der Waals surface area contributed by atoms with Crippen LogP contribution in [0.3, 0.4) is 0 Å². The molecule has 3 rings (SSSR count). The third-order valence-corrected chi connectivity index (χ3v) is 4.10. The van der Waals surface area contributed by atoms with Gasteiger partial charge in [-0.05, 0) is 30.0 Å². The number of nitrogens with one attached hydrogen (secondary N) is 1. The first-order valence-electron chi connectivity index (χ1n) is 6.25. The van der Waals surface area contributed by atoms with Crippen molar-refractivity contribution in [3.8, 4) is 0 Å². The Morgan fingerprint density at radius 3 is 2.90 bits per heavy atom. The molecule has 106 valence electrons. The molecule has 0 radical (unpaired) electrons. The molecule has 6 nitrogen and oxygen atoms in total. The molecule has 3 aromatic rings. The van der Waals surface area contributed by atoms with Crippen molar-refractivity contribution in [3.05, 3.63) is 67.1 Å². The van der Waals surface area contributed by atoms with Crippen LogP contribution in [0.4, 0.5) is 5.69 Å². The maximum atomic E-state index is 11.9. The van der Waals surface area contributed by atoms with E-state index in [0.717, 1.165) is 5.56 Å². The zero-order valence-corrected chi connectivity index (χ0v) is 11.9. The number of fused-ring (bicyclic) bond motifs is 1. The predicted octanol–water partition coefficient (Wildman–Crippen LogP) is 2.79. The molecule has 1 aromatic carbocycles. The van der Waals surface area contributed by atoms with Gasteiger partial charge < -0.3 is 4.98 Å². The summed E-state index contributed by atoms with van der Waals surface area (Å²) in [5.41, 5.74) is 2.08. The number of nitro groups is 1. The van der Waals surface area contributed by atoms with Gasteiger partial charge in [-0.3, -0.25) is 14.9 Å². The fourth-order valence-corrected chi connectivity index (χ4v) is 2.96. The van der Waals surface area contributed by atoms with Crippen LogP contribution in [0, 0.1) is 17.0 Å². The number of aromatic nitrogens is 2. The summed E-state index contributed by atoms with van der Waals surface area (Å²) in [4.78, 5) is 29.4. The van der Waals surface area contributed by atoms with Gasteiger partial charge >= 0.3 is 0 Å². The third kappa shape index (κ3) is 2.55. The molecule has 1 N–H and O–H groups in total. The molecule has 21 heavy (non-hydrogen) atoms. The van der Waals surface area contributed by atoms with Gasteiger partial charge in [-0.2, -0.15) is 0 Å². The molecule has 0 bridgehead atoms. The summed E-state index contributed by atoms with van der Waals surface area (Å²) in [6.07, 6.45) is 0.430. The Bertz CT molecular complexity index is 898. The van der Waals surface area contributed by atoms with E-state index in [4.69, 9.17) is 0 Å². The van der Waals surface area contributed by atoms with Crippen LogP contribution in [0.5, 0.6) is 0 Å². The number of aromatic amines is 1. The Labute approximate surface area is 123 Å². The van der Waals surface area contributed by atoms with Gasteiger partial charge in [0, 0.05) is 18.1 Å². The van der Waals surface area contributed by atoms with Gasteiger partial charge in [-0.1, -0.05) is 6.07 Å². The van der Waals surface area contributed by atoms with Crippen molar-refractivity contribution in [1.29, 1.82) is 0 Å². The number of nitro benzene ring substituents is 1. The average molecular weight is 301 g/mol. The van der Waals surface area contributed by atoms with E-state index >= 15 is 0 Å². The Morgan fingerprint density at radius 2 is 2.19 bits per heavy atom. The van der Waals surface area contributed by atoms with Gasteiger partial charge in [0.1, 0.15) is 10.5 Å². The second-order valence-electron chi connectivity index (χ2n) is 4.70. The van der Waals surface area contributed by atoms with Crippen molar-refractivity contribution in [2.75, 3.05) is 0 Å². The fraction of sp³-hybridized carbons (Fsp3) is 0.143. The molecule has 0 saturated heterocycles. The standard InChI is InChI=1S/C14H11N3O3S/c1-8-6-9(2-3-11(8)17(19)20)7-12-15-10-4-5-21-13(10)14(18)16-12/h2-6H,7H2,1H3,(H,15,16,18). The maximum absolute atomic E-state index is 11.9. The average Bonchev–Trinajstić information content (AvgIpc) is 2.87. The van der Waals surface area contributed by atoms with Crippen LogP contribution < -0.4 is 5.56 Å². The molecule has 0 spiro atoms. The highest BCUT2D eigenvalue weighted by Crippen LogP contribution is 2.20. The summed E-state index contributed by atoms with van der Waals surface area (Å²) in [6, 6.07) is 6.71. The van der Waals surface area contributed by atoms with E-state index in [2.05, 4.69) is 9.97 Å². The zero-order valence-electron chi connectivity index (χ0n) is 11.1. The summed E-state index contributed by atoms with van der Waals surface area (Å²) in [6.45, 7) is 1.69. The lowest BCUT2D eigenvalue weighted by atomic mass is 10.1. The molecule has 0 aliphatic rings. The molecule has 0 aliphatic heterocycles. The van der Waals surface area contributed by atoms with Crippen LogP contribution in [-0.2, 0) is 6.42 Å². The highest BCUT2D eigenvalue weighted by Gasteiger charge is 2.11. The lowest BCUT2D eigenvalue weighted by molar-refractivity contribution is -0.385. The van der Waals surface area contributed by atoms with Crippen LogP contribution >= 0.6 is 11.3 Å². The number of H-pyrrole nitrogens is 1. The second-order valence-corrected chi connectivity index (χ2v) is 5.62. The van der Waals surface area contributed by atoms with E-state index in [0.29, 0.717) is 28.0 Å². The number of aryl methyl sites for hydroxylation is 1. The largest absolute Gasteiger partial charge is 0.309 e. The van der Waals surface area contributed by atoms with E-state index < -0.39 is 4.92 Å². The minimum Gasteiger partial charge on any atom is -0.309 e. The Balaban J connectivity index is 1.96. The van der Waals surface area contributed by atoms with Gasteiger partial charge in [0.25, 0.3) is 11.2 Å². The van der Waals surface area contributed by atoms with E-state index in [1.165, 1.54) is 17.4 Å². The Hall–Kier alpha value is -2.54. The van der Waals surface area contributed by atoms with Crippen molar-refractivity contribution in [2.45, 2.75) is 13.3 Å². The number of benzene rings is 1. The predicted molar refractivity (Wildman–Crippen MR) is 80.9 cm³/mol. The minimum atomic E-state index is -0.406. The molecule has 0 amide bonds. The van der Waals surface area contributed by atoms with Gasteiger partial charge in [-0.25, -0.2) is 4.98 Å². The highest BCUT2D eigenvalue weighted by molar-refractivity contribution is 7.17. The molecule has 2 aromatic heterocycles. The Kier molecular flexibility index (Phi) is 3.26. The first kappa shape index (κ1) is 13.4. The molecular weight excluding hydrogens is 290 g/mol. The number of nitrogens with zero attached hydrogens (tertiary/aromatic N) is 2. The van der Waals surface area contributed by atoms with E-state index in [-0.39, 0.29) is 11.2 Å². The normalized spacial score (nSPS) is 10.9. The number of hydrogen-bond donors (Lipinski definition) is 1. The SMILES string of the molecule is Cc1cc(Cc2nc3ccsc3c(=O)[nH]2)ccc1[N+](=O)[O-]. The quantitative estimate of drug-likeness (QED) is 0.595. The third-order valence-electron chi connectivity index (χ3n) is 3.19. The zero-order chi connectivity index (χ0) is 15.0. The van der Waals surface area contributed by atoms with Crippen LogP contribution in [-0.4, -0.2) is 14.9 Å². The number of hydrogen-bond acceptors (Lipinski definition) is 5. The molecule has 2 heterocycles. The van der Waals surface area contributed by atoms with Gasteiger partial charge in [0.05, 0.1) is 10.4 Å². The molecule has 0 fully saturated rings. The number of thiophene rings is 1. The minimum absolute atomic E-state index is 0.0912. The first-order valence-corrected chi connectivity index (χ1v) is 7.13. The van der Waals surface area contributed by atoms with Gasteiger partial charge in [-0.15, -0.1) is 11.3 Å². The van der Waals surface area contributed by atoms with E-state index in [9.17, 15) is 14.9 Å². The van der Waals surface area contributed by atoms with Crippen LogP contribution in [0.2, 0.25) is 0 Å². The lowest BCUT2D eigenvalue weighted by Crippen LogP contribution is -2.10. The fourth-order valence-electron chi connectivity index (χ4n) is 2.23. The van der Waals surface area contributed by atoms with Crippen molar-refractivity contribution < 1.29 is 4.92 Å². The summed E-state index contributed by atoms with van der Waals surface area (Å²) in [5.74, 6) is 0.555. The summed E-state index contributed by atoms with van der Waals surface area (Å²) in [5, 5.41) is 12.6. The molecule has 0 saturated carbocycles. The molecule has 0 atom stereocenters. The van der Waals surface area contributed by atoms with Crippen molar-refractivity contribution in [3.63, 3.8) is 0 Å². The van der Waals surface area contributed by atoms with Crippen LogP contribution in [0.25, 0.3) is 10.2 Å². The summed E-state index contributed by atoms with van der Waals surface area (Å²) >= 11 is 1.36.